The lowest BCUT2D eigenvalue weighted by atomic mass is 10.1. The molecular formula is C19H18FNO4S. The van der Waals surface area contributed by atoms with Crippen molar-refractivity contribution < 1.29 is 23.5 Å². The summed E-state index contributed by atoms with van der Waals surface area (Å²) in [7, 11) is 3.10. The molecule has 3 rings (SSSR count). The van der Waals surface area contributed by atoms with Gasteiger partial charge in [-0.15, -0.1) is 0 Å². The number of imide groups is 1. The number of methoxy groups -OCH3 is 2. The van der Waals surface area contributed by atoms with E-state index in [-0.39, 0.29) is 23.5 Å². The molecule has 26 heavy (non-hydrogen) atoms. The summed E-state index contributed by atoms with van der Waals surface area (Å²) < 4.78 is 23.5. The van der Waals surface area contributed by atoms with Gasteiger partial charge in [-0.25, -0.2) is 4.39 Å². The number of amides is 2. The van der Waals surface area contributed by atoms with Gasteiger partial charge in [-0.1, -0.05) is 30.0 Å². The lowest BCUT2D eigenvalue weighted by Gasteiger charge is -2.14. The van der Waals surface area contributed by atoms with Crippen molar-refractivity contribution in [2.24, 2.45) is 0 Å². The molecule has 1 saturated heterocycles. The summed E-state index contributed by atoms with van der Waals surface area (Å²) in [6, 6.07) is 11.2. The van der Waals surface area contributed by atoms with Gasteiger partial charge in [-0.05, 0) is 41.8 Å². The minimum Gasteiger partial charge on any atom is -0.493 e. The summed E-state index contributed by atoms with van der Waals surface area (Å²) in [5.74, 6) is 0.596. The summed E-state index contributed by atoms with van der Waals surface area (Å²) in [5, 5.41) is -0.772. The third kappa shape index (κ3) is 3.83. The summed E-state index contributed by atoms with van der Waals surface area (Å²) in [6.07, 6.45) is 0.412. The van der Waals surface area contributed by atoms with E-state index in [0.717, 1.165) is 17.3 Å². The lowest BCUT2D eigenvalue weighted by Crippen LogP contribution is -2.31. The molecule has 5 nitrogen and oxygen atoms in total. The molecule has 7 heteroatoms. The zero-order valence-electron chi connectivity index (χ0n) is 14.4. The van der Waals surface area contributed by atoms with Gasteiger partial charge < -0.3 is 9.47 Å². The molecule has 0 radical (unpaired) electrons. The number of carbonyl (C=O) groups is 2. The predicted octanol–water partition coefficient (Wildman–Crippen LogP) is 3.65. The quantitative estimate of drug-likeness (QED) is 0.771. The van der Waals surface area contributed by atoms with Crippen LogP contribution in [-0.2, 0) is 17.8 Å². The lowest BCUT2D eigenvalue weighted by molar-refractivity contribution is -0.127. The maximum Gasteiger partial charge on any atom is 0.289 e. The number of thioether (sulfide) groups is 1. The normalized spacial score (nSPS) is 16.9. The first-order chi connectivity index (χ1) is 12.5. The SMILES string of the molecule is COc1ccc(C[C@H]2SC(=O)N(Cc3ccc(F)cc3)C2=O)cc1OC. The Morgan fingerprint density at radius 1 is 1.00 bits per heavy atom. The van der Waals surface area contributed by atoms with Crippen LogP contribution < -0.4 is 9.47 Å². The second-order valence-electron chi connectivity index (χ2n) is 5.82. The molecular weight excluding hydrogens is 357 g/mol. The molecule has 0 aliphatic carbocycles. The van der Waals surface area contributed by atoms with E-state index in [1.807, 2.05) is 6.07 Å². The van der Waals surface area contributed by atoms with Crippen molar-refractivity contribution in [1.29, 1.82) is 0 Å². The number of halogens is 1. The third-order valence-electron chi connectivity index (χ3n) is 4.13. The van der Waals surface area contributed by atoms with Gasteiger partial charge in [0, 0.05) is 0 Å². The molecule has 1 atom stereocenters. The standard InChI is InChI=1S/C19H18FNO4S/c1-24-15-8-5-13(9-16(15)25-2)10-17-18(22)21(19(23)26-17)11-12-3-6-14(20)7-4-12/h3-9,17H,10-11H2,1-2H3/t17-/m1/s1. The number of benzene rings is 2. The second kappa shape index (κ2) is 7.78. The van der Waals surface area contributed by atoms with E-state index >= 15 is 0 Å². The van der Waals surface area contributed by atoms with Gasteiger partial charge in [-0.2, -0.15) is 0 Å². The molecule has 2 aromatic carbocycles. The van der Waals surface area contributed by atoms with Crippen LogP contribution in [0.2, 0.25) is 0 Å². The fourth-order valence-electron chi connectivity index (χ4n) is 2.77. The van der Waals surface area contributed by atoms with Crippen LogP contribution in [-0.4, -0.2) is 35.5 Å². The first-order valence-electron chi connectivity index (χ1n) is 7.99. The zero-order chi connectivity index (χ0) is 18.7. The van der Waals surface area contributed by atoms with Gasteiger partial charge in [0.05, 0.1) is 26.0 Å². The topological polar surface area (TPSA) is 55.8 Å². The number of carbonyl (C=O) groups excluding carboxylic acids is 2. The Morgan fingerprint density at radius 3 is 2.31 bits per heavy atom. The van der Waals surface area contributed by atoms with E-state index in [2.05, 4.69) is 0 Å². The minimum absolute atomic E-state index is 0.146. The van der Waals surface area contributed by atoms with Gasteiger partial charge in [0.25, 0.3) is 5.24 Å². The monoisotopic (exact) mass is 375 g/mol. The fourth-order valence-corrected chi connectivity index (χ4v) is 3.79. The molecule has 0 spiro atoms. The average Bonchev–Trinajstić information content (AvgIpc) is 2.90. The van der Waals surface area contributed by atoms with Crippen molar-refractivity contribution >= 4 is 22.9 Å². The van der Waals surface area contributed by atoms with Crippen molar-refractivity contribution in [3.63, 3.8) is 0 Å². The highest BCUT2D eigenvalue weighted by Crippen LogP contribution is 2.33. The molecule has 2 aromatic rings. The summed E-state index contributed by atoms with van der Waals surface area (Å²) in [4.78, 5) is 26.1. The highest BCUT2D eigenvalue weighted by Gasteiger charge is 2.39. The van der Waals surface area contributed by atoms with E-state index in [1.54, 1.807) is 38.5 Å². The van der Waals surface area contributed by atoms with Gasteiger partial charge in [0.2, 0.25) is 5.91 Å². The van der Waals surface area contributed by atoms with Crippen LogP contribution in [0, 0.1) is 5.82 Å². The maximum atomic E-state index is 13.0. The van der Waals surface area contributed by atoms with Crippen LogP contribution in [0.15, 0.2) is 42.5 Å². The van der Waals surface area contributed by atoms with Crippen LogP contribution in [0.3, 0.4) is 0 Å². The van der Waals surface area contributed by atoms with E-state index in [1.165, 1.54) is 17.0 Å². The van der Waals surface area contributed by atoms with Crippen molar-refractivity contribution in [3.05, 3.63) is 59.4 Å². The van der Waals surface area contributed by atoms with Crippen molar-refractivity contribution in [2.45, 2.75) is 18.2 Å². The Morgan fingerprint density at radius 2 is 1.65 bits per heavy atom. The average molecular weight is 375 g/mol. The molecule has 0 bridgehead atoms. The molecule has 0 aromatic heterocycles. The van der Waals surface area contributed by atoms with Crippen molar-refractivity contribution in [3.8, 4) is 11.5 Å². The van der Waals surface area contributed by atoms with Crippen LogP contribution in [0.4, 0.5) is 9.18 Å². The van der Waals surface area contributed by atoms with Crippen LogP contribution >= 0.6 is 11.8 Å². The summed E-state index contributed by atoms with van der Waals surface area (Å²) in [5.41, 5.74) is 1.59. The Balaban J connectivity index is 1.71. The first kappa shape index (κ1) is 18.3. The van der Waals surface area contributed by atoms with Crippen LogP contribution in [0.1, 0.15) is 11.1 Å². The summed E-state index contributed by atoms with van der Waals surface area (Å²) in [6.45, 7) is 0.146. The van der Waals surface area contributed by atoms with E-state index in [9.17, 15) is 14.0 Å². The molecule has 1 fully saturated rings. The summed E-state index contributed by atoms with van der Waals surface area (Å²) >= 11 is 1.01. The smallest absolute Gasteiger partial charge is 0.289 e. The molecule has 2 amide bonds. The Bertz CT molecular complexity index is 825. The van der Waals surface area contributed by atoms with E-state index in [4.69, 9.17) is 9.47 Å². The van der Waals surface area contributed by atoms with Gasteiger partial charge in [0.15, 0.2) is 11.5 Å². The molecule has 0 unspecified atom stereocenters. The Labute approximate surface area is 155 Å². The van der Waals surface area contributed by atoms with Crippen LogP contribution in [0.25, 0.3) is 0 Å². The molecule has 1 heterocycles. The van der Waals surface area contributed by atoms with Gasteiger partial charge in [-0.3, -0.25) is 14.5 Å². The fraction of sp³-hybridized carbons (Fsp3) is 0.263. The van der Waals surface area contributed by atoms with E-state index < -0.39 is 5.25 Å². The Kier molecular flexibility index (Phi) is 5.46. The van der Waals surface area contributed by atoms with Crippen molar-refractivity contribution in [2.75, 3.05) is 14.2 Å². The van der Waals surface area contributed by atoms with Crippen LogP contribution in [0.5, 0.6) is 11.5 Å². The highest BCUT2D eigenvalue weighted by atomic mass is 32.2. The second-order valence-corrected chi connectivity index (χ2v) is 6.97. The van der Waals surface area contributed by atoms with Gasteiger partial charge >= 0.3 is 0 Å². The molecule has 1 aliphatic heterocycles. The van der Waals surface area contributed by atoms with E-state index in [0.29, 0.717) is 23.5 Å². The highest BCUT2D eigenvalue weighted by molar-refractivity contribution is 8.15. The number of rotatable bonds is 6. The molecule has 0 saturated carbocycles. The van der Waals surface area contributed by atoms with Crippen molar-refractivity contribution in [1.82, 2.24) is 4.90 Å². The minimum atomic E-state index is -0.485. The molecule has 136 valence electrons. The molecule has 0 N–H and O–H groups in total. The Hall–Kier alpha value is -2.54. The first-order valence-corrected chi connectivity index (χ1v) is 8.87. The number of hydrogen-bond acceptors (Lipinski definition) is 5. The number of hydrogen-bond donors (Lipinski definition) is 0. The maximum absolute atomic E-state index is 13.0. The predicted molar refractivity (Wildman–Crippen MR) is 97.0 cm³/mol. The van der Waals surface area contributed by atoms with Gasteiger partial charge in [0.1, 0.15) is 5.82 Å². The molecule has 1 aliphatic rings. The zero-order valence-corrected chi connectivity index (χ0v) is 15.2. The third-order valence-corrected chi connectivity index (χ3v) is 5.20. The number of nitrogens with zero attached hydrogens (tertiary/aromatic N) is 1. The number of ether oxygens (including phenoxy) is 2. The largest absolute Gasteiger partial charge is 0.493 e.